The Kier molecular flexibility index (Phi) is 7.66. The molecular weight excluding hydrogens is 347 g/mol. The van der Waals surface area contributed by atoms with E-state index in [-0.39, 0.29) is 0 Å². The number of hydrogen-bond donors (Lipinski definition) is 0. The number of benzene rings is 1. The van der Waals surface area contributed by atoms with Crippen LogP contribution in [0.15, 0.2) is 24.3 Å². The third kappa shape index (κ3) is 6.10. The molecular formula is C21H27F5. The summed E-state index contributed by atoms with van der Waals surface area (Å²) in [5.74, 6) is -1.84. The van der Waals surface area contributed by atoms with Crippen LogP contribution >= 0.6 is 0 Å². The average molecular weight is 374 g/mol. The van der Waals surface area contributed by atoms with Gasteiger partial charge in [0.15, 0.2) is 0 Å². The molecule has 1 aromatic carbocycles. The minimum Gasteiger partial charge on any atom is -0.206 e. The molecule has 0 aromatic heterocycles. The Balaban J connectivity index is 1.82. The van der Waals surface area contributed by atoms with Crippen molar-refractivity contribution < 1.29 is 22.0 Å². The lowest BCUT2D eigenvalue weighted by Gasteiger charge is -2.28. The molecule has 0 spiro atoms. The Morgan fingerprint density at radius 2 is 1.54 bits per heavy atom. The van der Waals surface area contributed by atoms with Gasteiger partial charge >= 0.3 is 6.18 Å². The van der Waals surface area contributed by atoms with Gasteiger partial charge in [-0.25, -0.2) is 8.78 Å². The predicted octanol–water partition coefficient (Wildman–Crippen LogP) is 7.47. The molecule has 0 unspecified atom stereocenters. The first kappa shape index (κ1) is 20.9. The first-order valence-corrected chi connectivity index (χ1v) is 9.51. The Morgan fingerprint density at radius 1 is 0.962 bits per heavy atom. The minimum atomic E-state index is -5.00. The molecule has 1 aliphatic carbocycles. The maximum Gasteiger partial charge on any atom is 0.422 e. The van der Waals surface area contributed by atoms with Crippen LogP contribution in [0.2, 0.25) is 0 Å². The number of allylic oxidation sites excluding steroid dienone is 2. The Morgan fingerprint density at radius 3 is 2.08 bits per heavy atom. The van der Waals surface area contributed by atoms with Crippen LogP contribution in [0.25, 0.3) is 0 Å². The fraction of sp³-hybridized carbons (Fsp3) is 0.619. The van der Waals surface area contributed by atoms with Gasteiger partial charge in [0.05, 0.1) is 0 Å². The second kappa shape index (κ2) is 9.52. The molecule has 146 valence electrons. The molecule has 26 heavy (non-hydrogen) atoms. The monoisotopic (exact) mass is 374 g/mol. The zero-order chi connectivity index (χ0) is 19.2. The minimum absolute atomic E-state index is 0.303. The summed E-state index contributed by atoms with van der Waals surface area (Å²) < 4.78 is 65.1. The van der Waals surface area contributed by atoms with Crippen molar-refractivity contribution in [1.29, 1.82) is 0 Å². The van der Waals surface area contributed by atoms with Crippen LogP contribution in [0, 0.1) is 23.5 Å². The van der Waals surface area contributed by atoms with Gasteiger partial charge in [-0.15, -0.1) is 0 Å². The van der Waals surface area contributed by atoms with Gasteiger partial charge in [0.2, 0.25) is 0 Å². The highest BCUT2D eigenvalue weighted by Gasteiger charge is 2.37. The van der Waals surface area contributed by atoms with E-state index in [1.165, 1.54) is 0 Å². The van der Waals surface area contributed by atoms with Crippen molar-refractivity contribution in [2.45, 2.75) is 70.9 Å². The zero-order valence-corrected chi connectivity index (χ0v) is 15.2. The number of unbranched alkanes of at least 4 members (excludes halogenated alkanes) is 1. The first-order valence-electron chi connectivity index (χ1n) is 9.51. The van der Waals surface area contributed by atoms with Gasteiger partial charge in [-0.1, -0.05) is 38.3 Å². The summed E-state index contributed by atoms with van der Waals surface area (Å²) in [6, 6.07) is 1.66. The Hall–Kier alpha value is -1.39. The van der Waals surface area contributed by atoms with Crippen molar-refractivity contribution in [3.8, 4) is 0 Å². The van der Waals surface area contributed by atoms with Crippen LogP contribution in [0.5, 0.6) is 0 Å². The molecule has 2 rings (SSSR count). The number of aryl methyl sites for hydroxylation is 1. The normalized spacial score (nSPS) is 21.5. The summed E-state index contributed by atoms with van der Waals surface area (Å²) in [7, 11) is 0. The Labute approximate surface area is 152 Å². The van der Waals surface area contributed by atoms with E-state index in [4.69, 9.17) is 0 Å². The topological polar surface area (TPSA) is 0 Å². The van der Waals surface area contributed by atoms with Crippen molar-refractivity contribution in [3.63, 3.8) is 0 Å². The van der Waals surface area contributed by atoms with Crippen LogP contribution in [0.4, 0.5) is 22.0 Å². The van der Waals surface area contributed by atoms with Crippen LogP contribution < -0.4 is 0 Å². The van der Waals surface area contributed by atoms with Crippen molar-refractivity contribution in [1.82, 2.24) is 0 Å². The van der Waals surface area contributed by atoms with Gasteiger partial charge in [-0.05, 0) is 68.1 Å². The quantitative estimate of drug-likeness (QED) is 0.343. The third-order valence-electron chi connectivity index (χ3n) is 5.28. The molecule has 1 aromatic rings. The van der Waals surface area contributed by atoms with Crippen LogP contribution in [0.1, 0.15) is 69.4 Å². The predicted molar refractivity (Wildman–Crippen MR) is 93.8 cm³/mol. The van der Waals surface area contributed by atoms with E-state index < -0.39 is 23.4 Å². The lowest BCUT2D eigenvalue weighted by Crippen LogP contribution is -2.15. The van der Waals surface area contributed by atoms with Gasteiger partial charge in [-0.2, -0.15) is 13.2 Å². The van der Waals surface area contributed by atoms with Crippen molar-refractivity contribution in [3.05, 3.63) is 47.0 Å². The molecule has 0 amide bonds. The molecule has 0 saturated heterocycles. The standard InChI is InChI=1S/C21H27F5/c1-2-3-4-5-6-15-7-9-16(10-8-15)11-12-17-13-18(22)20(19(23)14-17)21(24,25)26/h4-5,13-16H,2-3,6-12H2,1H3/b5-4+. The van der Waals surface area contributed by atoms with Gasteiger partial charge < -0.3 is 0 Å². The van der Waals surface area contributed by atoms with Crippen molar-refractivity contribution in [2.24, 2.45) is 11.8 Å². The molecule has 0 N–H and O–H groups in total. The van der Waals surface area contributed by atoms with Gasteiger partial charge in [0.25, 0.3) is 0 Å². The number of hydrogen-bond acceptors (Lipinski definition) is 0. The van der Waals surface area contributed by atoms with E-state index in [9.17, 15) is 22.0 Å². The summed E-state index contributed by atoms with van der Waals surface area (Å²) in [5.41, 5.74) is -1.49. The van der Waals surface area contributed by atoms with Crippen LogP contribution in [-0.4, -0.2) is 0 Å². The van der Waals surface area contributed by atoms with E-state index in [2.05, 4.69) is 19.1 Å². The Bertz CT molecular complexity index is 572. The first-order chi connectivity index (χ1) is 12.3. The molecule has 0 heterocycles. The molecule has 0 atom stereocenters. The fourth-order valence-corrected chi connectivity index (χ4v) is 3.74. The fourth-order valence-electron chi connectivity index (χ4n) is 3.74. The SMILES string of the molecule is CCC/C=C/CC1CCC(CCc2cc(F)c(C(F)(F)F)c(F)c2)CC1. The molecule has 1 saturated carbocycles. The van der Waals surface area contributed by atoms with Crippen molar-refractivity contribution >= 4 is 0 Å². The highest BCUT2D eigenvalue weighted by Crippen LogP contribution is 2.36. The highest BCUT2D eigenvalue weighted by molar-refractivity contribution is 5.28. The summed E-state index contributed by atoms with van der Waals surface area (Å²) in [6.45, 7) is 2.16. The molecule has 0 aliphatic heterocycles. The van der Waals surface area contributed by atoms with E-state index in [0.29, 0.717) is 23.8 Å². The maximum absolute atomic E-state index is 13.6. The molecule has 1 aliphatic rings. The highest BCUT2D eigenvalue weighted by atomic mass is 19.4. The zero-order valence-electron chi connectivity index (χ0n) is 15.2. The second-order valence-electron chi connectivity index (χ2n) is 7.35. The van der Waals surface area contributed by atoms with E-state index in [0.717, 1.165) is 63.5 Å². The van der Waals surface area contributed by atoms with Crippen LogP contribution in [-0.2, 0) is 12.6 Å². The second-order valence-corrected chi connectivity index (χ2v) is 7.35. The lowest BCUT2D eigenvalue weighted by atomic mass is 9.78. The molecule has 1 fully saturated rings. The third-order valence-corrected chi connectivity index (χ3v) is 5.28. The molecule has 0 bridgehead atoms. The van der Waals surface area contributed by atoms with E-state index >= 15 is 0 Å². The number of rotatable bonds is 7. The molecule has 0 radical (unpaired) electrons. The van der Waals surface area contributed by atoms with Crippen molar-refractivity contribution in [2.75, 3.05) is 0 Å². The van der Waals surface area contributed by atoms with Gasteiger partial charge in [-0.3, -0.25) is 0 Å². The average Bonchev–Trinajstić information content (AvgIpc) is 2.56. The lowest BCUT2D eigenvalue weighted by molar-refractivity contribution is -0.142. The molecule has 0 nitrogen and oxygen atoms in total. The summed E-state index contributed by atoms with van der Waals surface area (Å²) in [5, 5.41) is 0. The number of halogens is 5. The van der Waals surface area contributed by atoms with Gasteiger partial charge in [0, 0.05) is 0 Å². The maximum atomic E-state index is 13.6. The largest absolute Gasteiger partial charge is 0.422 e. The summed E-state index contributed by atoms with van der Waals surface area (Å²) in [4.78, 5) is 0. The van der Waals surface area contributed by atoms with Crippen LogP contribution in [0.3, 0.4) is 0 Å². The molecule has 5 heteroatoms. The number of alkyl halides is 3. The summed E-state index contributed by atoms with van der Waals surface area (Å²) >= 11 is 0. The smallest absolute Gasteiger partial charge is 0.206 e. The van der Waals surface area contributed by atoms with E-state index in [1.54, 1.807) is 0 Å². The summed E-state index contributed by atoms with van der Waals surface area (Å²) in [6.07, 6.45) is 8.54. The van der Waals surface area contributed by atoms with Gasteiger partial charge in [0.1, 0.15) is 17.2 Å². The van der Waals surface area contributed by atoms with E-state index in [1.807, 2.05) is 0 Å².